The summed E-state index contributed by atoms with van der Waals surface area (Å²) >= 11 is 2.35. The van der Waals surface area contributed by atoms with Gasteiger partial charge in [-0.25, -0.2) is 0 Å². The molecule has 2 heteroatoms. The van der Waals surface area contributed by atoms with Gasteiger partial charge in [0.25, 0.3) is 0 Å². The first kappa shape index (κ1) is 8.01. The molecule has 0 aliphatic heterocycles. The smallest absolute Gasteiger partial charge is 0.0250 e. The van der Waals surface area contributed by atoms with Gasteiger partial charge in [-0.2, -0.15) is 0 Å². The van der Waals surface area contributed by atoms with E-state index < -0.39 is 0 Å². The van der Waals surface area contributed by atoms with E-state index in [2.05, 4.69) is 34.7 Å². The van der Waals surface area contributed by atoms with Crippen LogP contribution in [-0.2, 0) is 11.0 Å². The van der Waals surface area contributed by atoms with E-state index in [1.54, 1.807) is 0 Å². The summed E-state index contributed by atoms with van der Waals surface area (Å²) < 4.78 is 1.05. The number of benzene rings is 1. The predicted molar refractivity (Wildman–Crippen MR) is 52.1 cm³/mol. The first-order valence-electron chi connectivity index (χ1n) is 3.21. The van der Waals surface area contributed by atoms with Crippen molar-refractivity contribution in [2.45, 2.75) is 11.0 Å². The van der Waals surface area contributed by atoms with Crippen LogP contribution in [0.25, 0.3) is 0 Å². The van der Waals surface area contributed by atoms with Crippen LogP contribution < -0.4 is 5.73 Å². The Morgan fingerprint density at radius 3 is 2.20 bits per heavy atom. The monoisotopic (exact) mass is 247 g/mol. The van der Waals surface area contributed by atoms with Crippen LogP contribution in [-0.4, -0.2) is 0 Å². The number of hydrogen-bond acceptors (Lipinski definition) is 1. The first-order chi connectivity index (χ1) is 4.88. The Labute approximate surface area is 74.8 Å². The number of nitrogens with two attached hydrogens (primary N) is 1. The zero-order valence-electron chi connectivity index (χ0n) is 5.68. The molecule has 0 aliphatic carbocycles. The molecule has 0 heterocycles. The Balaban J connectivity index is 2.96. The minimum absolute atomic E-state index is 0.652. The lowest BCUT2D eigenvalue weighted by atomic mass is 10.1. The number of rotatable bonds is 2. The second kappa shape index (κ2) is 3.93. The summed E-state index contributed by atoms with van der Waals surface area (Å²) in [7, 11) is 0. The van der Waals surface area contributed by atoms with Crippen molar-refractivity contribution in [3.05, 3.63) is 35.4 Å². The van der Waals surface area contributed by atoms with E-state index in [0.717, 1.165) is 4.43 Å². The average Bonchev–Trinajstić information content (AvgIpc) is 2.04. The topological polar surface area (TPSA) is 26.0 Å². The Kier molecular flexibility index (Phi) is 3.15. The fourth-order valence-corrected chi connectivity index (χ4v) is 1.63. The highest BCUT2D eigenvalue weighted by atomic mass is 127. The fourth-order valence-electron chi connectivity index (χ4n) is 0.887. The predicted octanol–water partition coefficient (Wildman–Crippen LogP) is 2.08. The van der Waals surface area contributed by atoms with Crippen LogP contribution in [0.4, 0.5) is 0 Å². The molecular formula is C8H10IN. The normalized spacial score (nSPS) is 9.80. The lowest BCUT2D eigenvalue weighted by Gasteiger charge is -2.01. The van der Waals surface area contributed by atoms with Crippen LogP contribution in [0.1, 0.15) is 11.1 Å². The molecule has 54 valence electrons. The summed E-state index contributed by atoms with van der Waals surface area (Å²) in [5.74, 6) is 0. The molecule has 0 bridgehead atoms. The lowest BCUT2D eigenvalue weighted by Crippen LogP contribution is -1.99. The van der Waals surface area contributed by atoms with Gasteiger partial charge in [-0.3, -0.25) is 0 Å². The molecule has 0 aliphatic rings. The van der Waals surface area contributed by atoms with Gasteiger partial charge in [0.05, 0.1) is 0 Å². The maximum Gasteiger partial charge on any atom is 0.0250 e. The summed E-state index contributed by atoms with van der Waals surface area (Å²) in [6, 6.07) is 8.27. The van der Waals surface area contributed by atoms with Crippen LogP contribution >= 0.6 is 22.6 Å². The van der Waals surface area contributed by atoms with Gasteiger partial charge < -0.3 is 5.73 Å². The van der Waals surface area contributed by atoms with Gasteiger partial charge in [0.2, 0.25) is 0 Å². The van der Waals surface area contributed by atoms with Crippen LogP contribution in [0.15, 0.2) is 24.3 Å². The standard InChI is InChI=1S/C8H10IN/c9-5-7-3-1-2-4-8(7)6-10/h1-4H,5-6,10H2. The van der Waals surface area contributed by atoms with Crippen molar-refractivity contribution in [1.29, 1.82) is 0 Å². The van der Waals surface area contributed by atoms with E-state index in [0.29, 0.717) is 6.54 Å². The summed E-state index contributed by atoms with van der Waals surface area (Å²) in [4.78, 5) is 0. The van der Waals surface area contributed by atoms with E-state index in [1.807, 2.05) is 12.1 Å². The molecule has 0 unspecified atom stereocenters. The molecule has 10 heavy (non-hydrogen) atoms. The van der Waals surface area contributed by atoms with Gasteiger partial charge in [-0.05, 0) is 11.1 Å². The van der Waals surface area contributed by atoms with Gasteiger partial charge in [0.1, 0.15) is 0 Å². The molecule has 1 nitrogen and oxygen atoms in total. The maximum absolute atomic E-state index is 5.52. The van der Waals surface area contributed by atoms with Crippen LogP contribution in [0, 0.1) is 0 Å². The van der Waals surface area contributed by atoms with Gasteiger partial charge in [-0.15, -0.1) is 0 Å². The van der Waals surface area contributed by atoms with Crippen molar-refractivity contribution in [2.75, 3.05) is 0 Å². The minimum Gasteiger partial charge on any atom is -0.326 e. The Bertz CT molecular complexity index is 187. The van der Waals surface area contributed by atoms with Crippen LogP contribution in [0.5, 0.6) is 0 Å². The third-order valence-electron chi connectivity index (χ3n) is 1.48. The summed E-state index contributed by atoms with van der Waals surface area (Å²) in [5, 5.41) is 0. The summed E-state index contributed by atoms with van der Waals surface area (Å²) in [5.41, 5.74) is 8.14. The second-order valence-electron chi connectivity index (χ2n) is 2.11. The van der Waals surface area contributed by atoms with E-state index in [-0.39, 0.29) is 0 Å². The molecule has 0 saturated heterocycles. The quantitative estimate of drug-likeness (QED) is 0.628. The Morgan fingerprint density at radius 2 is 1.80 bits per heavy atom. The van der Waals surface area contributed by atoms with Gasteiger partial charge in [0.15, 0.2) is 0 Å². The van der Waals surface area contributed by atoms with E-state index in [9.17, 15) is 0 Å². The van der Waals surface area contributed by atoms with Crippen LogP contribution in [0.2, 0.25) is 0 Å². The fraction of sp³-hybridized carbons (Fsp3) is 0.250. The van der Waals surface area contributed by atoms with Crippen molar-refractivity contribution in [3.63, 3.8) is 0 Å². The molecule has 2 N–H and O–H groups in total. The lowest BCUT2D eigenvalue weighted by molar-refractivity contribution is 1.05. The Hall–Kier alpha value is -0.0900. The molecule has 1 rings (SSSR count). The molecule has 0 amide bonds. The van der Waals surface area contributed by atoms with Gasteiger partial charge >= 0.3 is 0 Å². The van der Waals surface area contributed by atoms with Gasteiger partial charge in [-0.1, -0.05) is 46.9 Å². The number of hydrogen-bond donors (Lipinski definition) is 1. The summed E-state index contributed by atoms with van der Waals surface area (Å²) in [6.07, 6.45) is 0. The van der Waals surface area contributed by atoms with Crippen molar-refractivity contribution in [2.24, 2.45) is 5.73 Å². The average molecular weight is 247 g/mol. The third kappa shape index (κ3) is 1.70. The highest BCUT2D eigenvalue weighted by Gasteiger charge is 1.94. The van der Waals surface area contributed by atoms with E-state index in [4.69, 9.17) is 5.73 Å². The van der Waals surface area contributed by atoms with E-state index in [1.165, 1.54) is 11.1 Å². The molecular weight excluding hydrogens is 237 g/mol. The highest BCUT2D eigenvalue weighted by molar-refractivity contribution is 14.1. The molecule has 1 aromatic carbocycles. The molecule has 0 aromatic heterocycles. The SMILES string of the molecule is NCc1ccccc1CI. The number of alkyl halides is 1. The minimum atomic E-state index is 0.652. The largest absolute Gasteiger partial charge is 0.326 e. The van der Waals surface area contributed by atoms with Gasteiger partial charge in [0, 0.05) is 11.0 Å². The zero-order valence-corrected chi connectivity index (χ0v) is 7.84. The molecule has 0 saturated carbocycles. The maximum atomic E-state index is 5.52. The Morgan fingerprint density at radius 1 is 1.20 bits per heavy atom. The van der Waals surface area contributed by atoms with Crippen molar-refractivity contribution in [1.82, 2.24) is 0 Å². The zero-order chi connectivity index (χ0) is 7.40. The molecule has 1 aromatic rings. The first-order valence-corrected chi connectivity index (χ1v) is 4.74. The third-order valence-corrected chi connectivity index (χ3v) is 2.30. The molecule has 0 radical (unpaired) electrons. The van der Waals surface area contributed by atoms with E-state index >= 15 is 0 Å². The highest BCUT2D eigenvalue weighted by Crippen LogP contribution is 2.11. The van der Waals surface area contributed by atoms with Crippen molar-refractivity contribution < 1.29 is 0 Å². The summed E-state index contributed by atoms with van der Waals surface area (Å²) in [6.45, 7) is 0.652. The number of halogens is 1. The second-order valence-corrected chi connectivity index (χ2v) is 2.87. The van der Waals surface area contributed by atoms with Crippen molar-refractivity contribution >= 4 is 22.6 Å². The van der Waals surface area contributed by atoms with Crippen molar-refractivity contribution in [3.8, 4) is 0 Å². The molecule has 0 fully saturated rings. The molecule has 0 atom stereocenters. The van der Waals surface area contributed by atoms with Crippen LogP contribution in [0.3, 0.4) is 0 Å². The molecule has 0 spiro atoms.